The van der Waals surface area contributed by atoms with Crippen molar-refractivity contribution in [2.75, 3.05) is 23.0 Å². The van der Waals surface area contributed by atoms with Gasteiger partial charge in [0.15, 0.2) is 6.54 Å². The van der Waals surface area contributed by atoms with E-state index in [0.717, 1.165) is 65.2 Å². The van der Waals surface area contributed by atoms with Crippen LogP contribution in [-0.4, -0.2) is 44.0 Å². The molecular weight excluding hydrogens is 649 g/mol. The summed E-state index contributed by atoms with van der Waals surface area (Å²) in [6, 6.07) is 24.8. The van der Waals surface area contributed by atoms with Gasteiger partial charge in [0.1, 0.15) is 4.70 Å². The average Bonchev–Trinajstić information content (AvgIpc) is 3.53. The summed E-state index contributed by atoms with van der Waals surface area (Å²) in [5.41, 5.74) is 2.13. The quantitative estimate of drug-likeness (QED) is 0.106. The molecule has 6 rings (SSSR count). The predicted molar refractivity (Wildman–Crippen MR) is 184 cm³/mol. The molecule has 2 N–H and O–H groups in total. The van der Waals surface area contributed by atoms with E-state index >= 15 is 0 Å². The molecule has 0 saturated carbocycles. The van der Waals surface area contributed by atoms with E-state index in [1.165, 1.54) is 0 Å². The minimum atomic E-state index is -4.08. The second-order valence-corrected chi connectivity index (χ2v) is 16.6. The lowest BCUT2D eigenvalue weighted by Gasteiger charge is -2.23. The predicted octanol–water partition coefficient (Wildman–Crippen LogP) is 7.07. The molecule has 4 aromatic carbocycles. The van der Waals surface area contributed by atoms with Crippen molar-refractivity contribution in [1.29, 1.82) is 0 Å². The maximum atomic E-state index is 11.6. The third-order valence-electron chi connectivity index (χ3n) is 8.18. The summed E-state index contributed by atoms with van der Waals surface area (Å²) < 4.78 is 68.4. The third-order valence-corrected chi connectivity index (χ3v) is 12.1. The molecule has 0 radical (unpaired) electrons. The van der Waals surface area contributed by atoms with Crippen LogP contribution in [0, 0.1) is 5.92 Å². The van der Waals surface area contributed by atoms with Crippen LogP contribution in [0.5, 0.6) is 0 Å². The van der Waals surface area contributed by atoms with Crippen molar-refractivity contribution in [3.63, 3.8) is 0 Å². The van der Waals surface area contributed by atoms with E-state index < -0.39 is 20.2 Å². The Labute approximate surface area is 271 Å². The summed E-state index contributed by atoms with van der Waals surface area (Å²) >= 11 is 3.39. The molecule has 1 atom stereocenters. The SMILES string of the molecule is CCC(C=C1Sc2ccc3ccccc3c2N1CCCS(=O)(=O)O)Cc1sc2ccc3ccccc3c2[n+]1CCCS(=O)(=O)O. The van der Waals surface area contributed by atoms with Gasteiger partial charge < -0.3 is 4.90 Å². The molecule has 0 aliphatic carbocycles. The summed E-state index contributed by atoms with van der Waals surface area (Å²) in [4.78, 5) is 3.30. The van der Waals surface area contributed by atoms with Crippen LogP contribution in [0.25, 0.3) is 31.8 Å². The molecule has 12 heteroatoms. The smallest absolute Gasteiger partial charge is 0.265 e. The van der Waals surface area contributed by atoms with Crippen LogP contribution in [0.4, 0.5) is 5.69 Å². The lowest BCUT2D eigenvalue weighted by atomic mass is 10.0. The van der Waals surface area contributed by atoms with Gasteiger partial charge in [0.05, 0.1) is 27.6 Å². The molecule has 0 spiro atoms. The second kappa shape index (κ2) is 13.0. The van der Waals surface area contributed by atoms with Crippen LogP contribution >= 0.6 is 23.1 Å². The van der Waals surface area contributed by atoms with Crippen molar-refractivity contribution in [2.24, 2.45) is 5.92 Å². The zero-order chi connectivity index (χ0) is 31.8. The van der Waals surface area contributed by atoms with Gasteiger partial charge in [0.2, 0.25) is 10.5 Å². The van der Waals surface area contributed by atoms with Crippen LogP contribution in [0.15, 0.2) is 88.8 Å². The van der Waals surface area contributed by atoms with E-state index in [4.69, 9.17) is 0 Å². The standard InChI is InChI=1S/C33H34N2O6S4/c1-2-23(21-30-34(17-7-19-44(36,37)38)32-26-11-5-3-9-24(26)13-15-28(32)42-30)22-31-35(18-8-20-45(39,40)41)33-27-12-6-4-10-25(27)14-16-29(33)43-31/h3-6,9-16,21,23H,2,7-8,17-20,22H2,1H3,(H-,36,37,38,39,40,41)/p+1. The van der Waals surface area contributed by atoms with E-state index in [-0.39, 0.29) is 23.8 Å². The molecule has 45 heavy (non-hydrogen) atoms. The first-order valence-electron chi connectivity index (χ1n) is 14.9. The Balaban J connectivity index is 1.37. The zero-order valence-corrected chi connectivity index (χ0v) is 28.1. The number of aryl methyl sites for hydroxylation is 1. The molecule has 1 unspecified atom stereocenters. The van der Waals surface area contributed by atoms with Crippen molar-refractivity contribution < 1.29 is 30.5 Å². The van der Waals surface area contributed by atoms with Gasteiger partial charge in [-0.15, -0.1) is 0 Å². The average molecular weight is 684 g/mol. The Morgan fingerprint density at radius 2 is 1.49 bits per heavy atom. The fraction of sp³-hybridized carbons (Fsp3) is 0.303. The van der Waals surface area contributed by atoms with Crippen molar-refractivity contribution in [3.05, 3.63) is 88.9 Å². The first-order valence-corrected chi connectivity index (χ1v) is 19.8. The monoisotopic (exact) mass is 683 g/mol. The van der Waals surface area contributed by atoms with Crippen LogP contribution in [-0.2, 0) is 33.2 Å². The summed E-state index contributed by atoms with van der Waals surface area (Å²) in [5.74, 6) is -0.466. The van der Waals surface area contributed by atoms with E-state index in [0.29, 0.717) is 19.5 Å². The first kappa shape index (κ1) is 32.0. The van der Waals surface area contributed by atoms with E-state index in [1.807, 2.05) is 24.3 Å². The zero-order valence-electron chi connectivity index (χ0n) is 24.8. The Kier molecular flexibility index (Phi) is 9.24. The van der Waals surface area contributed by atoms with Gasteiger partial charge in [-0.1, -0.05) is 84.6 Å². The van der Waals surface area contributed by atoms with Crippen LogP contribution in [0.1, 0.15) is 31.2 Å². The molecule has 8 nitrogen and oxygen atoms in total. The number of fused-ring (bicyclic) bond motifs is 6. The normalized spacial score (nSPS) is 15.4. The van der Waals surface area contributed by atoms with Gasteiger partial charge in [0.25, 0.3) is 20.2 Å². The summed E-state index contributed by atoms with van der Waals surface area (Å²) in [6.45, 7) is 3.06. The minimum Gasteiger partial charge on any atom is -0.335 e. The number of allylic oxidation sites excluding steroid dienone is 1. The molecule has 0 amide bonds. The van der Waals surface area contributed by atoms with Crippen molar-refractivity contribution >= 4 is 80.8 Å². The fourth-order valence-corrected chi connectivity index (χ4v) is 9.58. The highest BCUT2D eigenvalue weighted by Crippen LogP contribution is 2.50. The molecule has 236 valence electrons. The first-order chi connectivity index (χ1) is 21.5. The number of anilines is 1. The van der Waals surface area contributed by atoms with Gasteiger partial charge in [0, 0.05) is 29.7 Å². The largest absolute Gasteiger partial charge is 0.335 e. The second-order valence-electron chi connectivity index (χ2n) is 11.3. The number of thioether (sulfide) groups is 1. The number of benzene rings is 4. The molecule has 0 bridgehead atoms. The lowest BCUT2D eigenvalue weighted by molar-refractivity contribution is -0.673. The summed E-state index contributed by atoms with van der Waals surface area (Å²) in [6.07, 6.45) is 4.45. The molecule has 1 aliphatic heterocycles. The number of rotatable bonds is 12. The number of hydrogen-bond donors (Lipinski definition) is 2. The Morgan fingerprint density at radius 3 is 2.20 bits per heavy atom. The fourth-order valence-electron chi connectivity index (χ4n) is 6.07. The van der Waals surface area contributed by atoms with Crippen molar-refractivity contribution in [2.45, 2.75) is 44.0 Å². The maximum Gasteiger partial charge on any atom is 0.265 e. The van der Waals surface area contributed by atoms with Crippen LogP contribution in [0.2, 0.25) is 0 Å². The third kappa shape index (κ3) is 7.21. The van der Waals surface area contributed by atoms with E-state index in [1.54, 1.807) is 23.1 Å². The maximum absolute atomic E-state index is 11.6. The highest BCUT2D eigenvalue weighted by Gasteiger charge is 2.30. The van der Waals surface area contributed by atoms with Crippen molar-refractivity contribution in [1.82, 2.24) is 0 Å². The molecule has 1 aromatic heterocycles. The molecule has 0 fully saturated rings. The van der Waals surface area contributed by atoms with E-state index in [9.17, 15) is 25.9 Å². The van der Waals surface area contributed by atoms with Gasteiger partial charge in [-0.25, -0.2) is 0 Å². The highest BCUT2D eigenvalue weighted by molar-refractivity contribution is 8.03. The molecule has 0 saturated heterocycles. The number of nitrogens with zero attached hydrogens (tertiary/aromatic N) is 2. The molecule has 1 aliphatic rings. The van der Waals surface area contributed by atoms with Crippen molar-refractivity contribution in [3.8, 4) is 0 Å². The molecular formula is C33H35N2O6S4+. The van der Waals surface area contributed by atoms with Gasteiger partial charge in [-0.3, -0.25) is 9.11 Å². The molecule has 5 aromatic rings. The van der Waals surface area contributed by atoms with E-state index in [2.05, 4.69) is 71.0 Å². The minimum absolute atomic E-state index is 0.143. The summed E-state index contributed by atoms with van der Waals surface area (Å²) in [5, 5.41) is 6.58. The van der Waals surface area contributed by atoms with Gasteiger partial charge in [-0.05, 0) is 53.8 Å². The van der Waals surface area contributed by atoms with Gasteiger partial charge in [-0.2, -0.15) is 21.4 Å². The lowest BCUT2D eigenvalue weighted by Crippen LogP contribution is -2.38. The number of aromatic nitrogens is 1. The topological polar surface area (TPSA) is 116 Å². The number of hydrogen-bond acceptors (Lipinski definition) is 7. The number of thiazole rings is 1. The van der Waals surface area contributed by atoms with Gasteiger partial charge >= 0.3 is 0 Å². The highest BCUT2D eigenvalue weighted by atomic mass is 32.2. The Bertz CT molecular complexity index is 2140. The van der Waals surface area contributed by atoms with Crippen LogP contribution in [0.3, 0.4) is 0 Å². The Hall–Kier alpha value is -3.00. The molecule has 2 heterocycles. The summed E-state index contributed by atoms with van der Waals surface area (Å²) in [7, 11) is -8.16. The van der Waals surface area contributed by atoms with Crippen LogP contribution < -0.4 is 9.47 Å². The Morgan fingerprint density at radius 1 is 0.844 bits per heavy atom.